The van der Waals surface area contributed by atoms with E-state index in [1.54, 1.807) is 30.3 Å². The van der Waals surface area contributed by atoms with Crippen LogP contribution in [0.1, 0.15) is 5.56 Å². The van der Waals surface area contributed by atoms with Crippen LogP contribution in [0.4, 0.5) is 13.2 Å². The molecule has 10 heteroatoms. The lowest BCUT2D eigenvalue weighted by molar-refractivity contribution is -0.132. The van der Waals surface area contributed by atoms with Crippen LogP contribution in [0.5, 0.6) is 0 Å². The first-order valence-corrected chi connectivity index (χ1v) is 7.19. The number of hydrogen-bond donors (Lipinski definition) is 1. The third-order valence-corrected chi connectivity index (χ3v) is 3.95. The maximum absolute atomic E-state index is 12.7. The Bertz CT molecular complexity index is 754. The van der Waals surface area contributed by atoms with Gasteiger partial charge in [-0.1, -0.05) is 30.3 Å². The molecule has 0 amide bonds. The van der Waals surface area contributed by atoms with Crippen LogP contribution in [-0.2, 0) is 21.5 Å². The number of aliphatic carboxylic acids is 1. The molecule has 1 aliphatic heterocycles. The summed E-state index contributed by atoms with van der Waals surface area (Å²) in [5.74, 6) is -1.91. The van der Waals surface area contributed by atoms with Gasteiger partial charge in [-0.2, -0.15) is 21.6 Å². The number of benzene rings is 1. The molecule has 0 radical (unpaired) electrons. The number of carboxylic acid groups (broad SMARTS) is 1. The van der Waals surface area contributed by atoms with E-state index < -0.39 is 33.6 Å². The van der Waals surface area contributed by atoms with Crippen LogP contribution >= 0.6 is 0 Å². The number of halogens is 3. The molecule has 0 saturated carbocycles. The minimum absolute atomic E-state index is 0.325. The minimum Gasteiger partial charge on any atom is -0.478 e. The third-order valence-electron chi connectivity index (χ3n) is 2.71. The van der Waals surface area contributed by atoms with Crippen molar-refractivity contribution in [3.63, 3.8) is 0 Å². The molecule has 0 unspecified atom stereocenters. The van der Waals surface area contributed by atoms with E-state index in [0.29, 0.717) is 16.1 Å². The second-order valence-electron chi connectivity index (χ2n) is 4.29. The average Bonchev–Trinajstić information content (AvgIpc) is 2.40. The van der Waals surface area contributed by atoms with Crippen molar-refractivity contribution >= 4 is 21.9 Å². The standard InChI is InChI=1S/C12H9F3N2O4S/c13-12(14,15)10-9(11(18)19)7-17(22(20,21)16-10)6-8-4-2-1-3-5-8/h1-5,7H,6H2,(H,18,19). The summed E-state index contributed by atoms with van der Waals surface area (Å²) >= 11 is 0. The molecule has 0 aromatic heterocycles. The molecule has 0 aliphatic carbocycles. The molecule has 1 aliphatic rings. The van der Waals surface area contributed by atoms with Gasteiger partial charge in [0, 0.05) is 6.20 Å². The Balaban J connectivity index is 2.46. The topological polar surface area (TPSA) is 87.0 Å². The van der Waals surface area contributed by atoms with Crippen molar-refractivity contribution in [2.45, 2.75) is 12.7 Å². The van der Waals surface area contributed by atoms with Crippen LogP contribution in [-0.4, -0.2) is 35.7 Å². The van der Waals surface area contributed by atoms with Crippen LogP contribution in [0.2, 0.25) is 0 Å². The van der Waals surface area contributed by atoms with Gasteiger partial charge < -0.3 is 5.11 Å². The third kappa shape index (κ3) is 3.27. The summed E-state index contributed by atoms with van der Waals surface area (Å²) in [6, 6.07) is 7.99. The fourth-order valence-corrected chi connectivity index (χ4v) is 2.83. The predicted molar refractivity (Wildman–Crippen MR) is 70.1 cm³/mol. The van der Waals surface area contributed by atoms with Crippen LogP contribution < -0.4 is 0 Å². The van der Waals surface area contributed by atoms with E-state index in [1.165, 1.54) is 0 Å². The zero-order chi connectivity index (χ0) is 16.5. The molecule has 0 fully saturated rings. The number of hydrogen-bond acceptors (Lipinski definition) is 3. The van der Waals surface area contributed by atoms with E-state index in [4.69, 9.17) is 5.11 Å². The van der Waals surface area contributed by atoms with Gasteiger partial charge in [-0.05, 0) is 5.56 Å². The smallest absolute Gasteiger partial charge is 0.435 e. The summed E-state index contributed by atoms with van der Waals surface area (Å²) in [5.41, 5.74) is -2.69. The van der Waals surface area contributed by atoms with Gasteiger partial charge in [0.2, 0.25) is 0 Å². The molecule has 118 valence electrons. The second-order valence-corrected chi connectivity index (χ2v) is 5.84. The highest BCUT2D eigenvalue weighted by atomic mass is 32.2. The molecule has 2 rings (SSSR count). The maximum atomic E-state index is 12.7. The minimum atomic E-state index is -5.18. The summed E-state index contributed by atoms with van der Waals surface area (Å²) in [4.78, 5) is 10.9. The van der Waals surface area contributed by atoms with Crippen LogP contribution in [0, 0.1) is 0 Å². The Labute approximate surface area is 123 Å². The van der Waals surface area contributed by atoms with Gasteiger partial charge >= 0.3 is 22.4 Å². The lowest BCUT2D eigenvalue weighted by Gasteiger charge is -2.24. The quantitative estimate of drug-likeness (QED) is 0.912. The van der Waals surface area contributed by atoms with Crippen molar-refractivity contribution in [2.75, 3.05) is 0 Å². The zero-order valence-electron chi connectivity index (χ0n) is 10.8. The molecular weight excluding hydrogens is 325 g/mol. The fourth-order valence-electron chi connectivity index (χ4n) is 1.74. The first kappa shape index (κ1) is 16.0. The zero-order valence-corrected chi connectivity index (χ0v) is 11.6. The van der Waals surface area contributed by atoms with Gasteiger partial charge in [0.1, 0.15) is 5.57 Å². The van der Waals surface area contributed by atoms with Crippen LogP contribution in [0.25, 0.3) is 0 Å². The van der Waals surface area contributed by atoms with Gasteiger partial charge in [-0.15, -0.1) is 4.40 Å². The molecule has 0 bridgehead atoms. The summed E-state index contributed by atoms with van der Waals surface area (Å²) in [5, 5.41) is 8.86. The van der Waals surface area contributed by atoms with E-state index in [-0.39, 0.29) is 6.54 Å². The molecule has 1 heterocycles. The highest BCUT2D eigenvalue weighted by Crippen LogP contribution is 2.28. The lowest BCUT2D eigenvalue weighted by Crippen LogP contribution is -2.38. The SMILES string of the molecule is O=C(O)C1=CN(Cc2ccccc2)S(=O)(=O)N=C1C(F)(F)F. The monoisotopic (exact) mass is 334 g/mol. The Morgan fingerprint density at radius 2 is 1.82 bits per heavy atom. The number of alkyl halides is 3. The summed E-state index contributed by atoms with van der Waals surface area (Å²) < 4.78 is 64.9. The molecule has 1 aromatic rings. The van der Waals surface area contributed by atoms with Crippen LogP contribution in [0.15, 0.2) is 46.5 Å². The Kier molecular flexibility index (Phi) is 3.96. The van der Waals surface area contributed by atoms with Crippen molar-refractivity contribution in [2.24, 2.45) is 4.40 Å². The number of rotatable bonds is 3. The molecule has 6 nitrogen and oxygen atoms in total. The Morgan fingerprint density at radius 1 is 1.23 bits per heavy atom. The molecular formula is C12H9F3N2O4S. The van der Waals surface area contributed by atoms with Gasteiger partial charge in [0.15, 0.2) is 5.71 Å². The molecule has 22 heavy (non-hydrogen) atoms. The van der Waals surface area contributed by atoms with Gasteiger partial charge in [-0.25, -0.2) is 4.79 Å². The highest BCUT2D eigenvalue weighted by molar-refractivity contribution is 7.88. The normalized spacial score (nSPS) is 17.7. The van der Waals surface area contributed by atoms with E-state index in [2.05, 4.69) is 4.40 Å². The summed E-state index contributed by atoms with van der Waals surface area (Å²) in [6.07, 6.45) is -4.75. The van der Waals surface area contributed by atoms with E-state index >= 15 is 0 Å². The Morgan fingerprint density at radius 3 is 2.32 bits per heavy atom. The van der Waals surface area contributed by atoms with Gasteiger partial charge in [0.25, 0.3) is 0 Å². The van der Waals surface area contributed by atoms with E-state index in [1.807, 2.05) is 0 Å². The van der Waals surface area contributed by atoms with Crippen molar-refractivity contribution in [3.8, 4) is 0 Å². The summed E-state index contributed by atoms with van der Waals surface area (Å²) in [6.45, 7) is -0.325. The van der Waals surface area contributed by atoms with Crippen molar-refractivity contribution in [3.05, 3.63) is 47.7 Å². The maximum Gasteiger partial charge on any atom is 0.435 e. The lowest BCUT2D eigenvalue weighted by atomic mass is 10.1. The van der Waals surface area contributed by atoms with Crippen molar-refractivity contribution < 1.29 is 31.5 Å². The second kappa shape index (κ2) is 5.44. The number of carboxylic acids is 1. The average molecular weight is 334 g/mol. The molecule has 0 spiro atoms. The van der Waals surface area contributed by atoms with Crippen molar-refractivity contribution in [1.29, 1.82) is 0 Å². The van der Waals surface area contributed by atoms with E-state index in [9.17, 15) is 26.4 Å². The first-order chi connectivity index (χ1) is 10.1. The fraction of sp³-hybridized carbons (Fsp3) is 0.167. The highest BCUT2D eigenvalue weighted by Gasteiger charge is 2.45. The molecule has 1 N–H and O–H groups in total. The van der Waals surface area contributed by atoms with Gasteiger partial charge in [-0.3, -0.25) is 4.31 Å². The molecule has 0 atom stereocenters. The predicted octanol–water partition coefficient (Wildman–Crippen LogP) is 1.72. The number of carbonyl (C=O) groups is 1. The largest absolute Gasteiger partial charge is 0.478 e. The van der Waals surface area contributed by atoms with Crippen molar-refractivity contribution in [1.82, 2.24) is 4.31 Å². The molecule has 1 aromatic carbocycles. The van der Waals surface area contributed by atoms with Crippen LogP contribution in [0.3, 0.4) is 0 Å². The van der Waals surface area contributed by atoms with Gasteiger partial charge in [0.05, 0.1) is 6.54 Å². The summed E-state index contributed by atoms with van der Waals surface area (Å²) in [7, 11) is -4.66. The van der Waals surface area contributed by atoms with E-state index in [0.717, 1.165) is 0 Å². The number of nitrogens with zero attached hydrogens (tertiary/aromatic N) is 2. The molecule has 0 saturated heterocycles. The first-order valence-electron chi connectivity index (χ1n) is 5.79. The Hall–Kier alpha value is -2.36.